The van der Waals surface area contributed by atoms with Crippen LogP contribution in [-0.4, -0.2) is 54.4 Å². The van der Waals surface area contributed by atoms with Crippen LogP contribution in [0.5, 0.6) is 5.75 Å². The molecule has 0 aliphatic carbocycles. The highest BCUT2D eigenvalue weighted by Crippen LogP contribution is 2.31. The summed E-state index contributed by atoms with van der Waals surface area (Å²) in [4.78, 5) is 27.2. The lowest BCUT2D eigenvalue weighted by atomic mass is 9.87. The molecule has 26 heavy (non-hydrogen) atoms. The SMILES string of the molecule is CC(=O)N1CCN(C(=O)CCCOc2ccc(C(C)(C)C)cc2Br)CC1. The van der Waals surface area contributed by atoms with Gasteiger partial charge in [0.05, 0.1) is 11.1 Å². The quantitative estimate of drug-likeness (QED) is 0.678. The molecule has 1 aliphatic rings. The molecule has 0 aromatic heterocycles. The standard InChI is InChI=1S/C20H29BrN2O3/c1-15(24)22-9-11-23(12-10-22)19(25)6-5-13-26-18-8-7-16(14-17(18)21)20(2,3)4/h7-8,14H,5-6,9-13H2,1-4H3. The summed E-state index contributed by atoms with van der Waals surface area (Å²) in [6.45, 7) is 11.1. The van der Waals surface area contributed by atoms with Crippen molar-refractivity contribution in [3.8, 4) is 5.75 Å². The molecule has 1 fully saturated rings. The predicted molar refractivity (Wildman–Crippen MR) is 106 cm³/mol. The Balaban J connectivity index is 1.74. The minimum atomic E-state index is 0.0774. The predicted octanol–water partition coefficient (Wildman–Crippen LogP) is 3.60. The van der Waals surface area contributed by atoms with Gasteiger partial charge in [-0.3, -0.25) is 9.59 Å². The Hall–Kier alpha value is -1.56. The third-order valence-electron chi connectivity index (χ3n) is 4.67. The fourth-order valence-electron chi connectivity index (χ4n) is 2.92. The zero-order valence-corrected chi connectivity index (χ0v) is 17.8. The van der Waals surface area contributed by atoms with Crippen LogP contribution < -0.4 is 4.74 Å². The molecular formula is C20H29BrN2O3. The monoisotopic (exact) mass is 424 g/mol. The summed E-state index contributed by atoms with van der Waals surface area (Å²) in [6.07, 6.45) is 1.15. The zero-order valence-electron chi connectivity index (χ0n) is 16.2. The average Bonchev–Trinajstić information content (AvgIpc) is 2.58. The molecule has 144 valence electrons. The Kier molecular flexibility index (Phi) is 7.09. The van der Waals surface area contributed by atoms with Crippen molar-refractivity contribution in [2.24, 2.45) is 0 Å². The van der Waals surface area contributed by atoms with Gasteiger partial charge in [0.15, 0.2) is 0 Å². The molecule has 0 saturated carbocycles. The van der Waals surface area contributed by atoms with Gasteiger partial charge in [-0.2, -0.15) is 0 Å². The lowest BCUT2D eigenvalue weighted by molar-refractivity contribution is -0.138. The van der Waals surface area contributed by atoms with Gasteiger partial charge in [-0.05, 0) is 45.5 Å². The van der Waals surface area contributed by atoms with Gasteiger partial charge in [0.1, 0.15) is 5.75 Å². The van der Waals surface area contributed by atoms with Gasteiger partial charge in [-0.1, -0.05) is 26.8 Å². The summed E-state index contributed by atoms with van der Waals surface area (Å²) in [6, 6.07) is 6.15. The molecule has 2 rings (SSSR count). The molecule has 2 amide bonds. The number of piperazine rings is 1. The third kappa shape index (κ3) is 5.73. The van der Waals surface area contributed by atoms with E-state index in [0.717, 1.165) is 10.2 Å². The first-order valence-electron chi connectivity index (χ1n) is 9.14. The molecule has 5 nitrogen and oxygen atoms in total. The van der Waals surface area contributed by atoms with Crippen LogP contribution in [0.15, 0.2) is 22.7 Å². The summed E-state index contributed by atoms with van der Waals surface area (Å²) >= 11 is 3.57. The van der Waals surface area contributed by atoms with E-state index in [1.54, 1.807) is 11.8 Å². The van der Waals surface area contributed by atoms with E-state index in [-0.39, 0.29) is 17.2 Å². The molecule has 1 aromatic rings. The molecule has 0 N–H and O–H groups in total. The number of carbonyl (C=O) groups is 2. The number of carbonyl (C=O) groups excluding carboxylic acids is 2. The van der Waals surface area contributed by atoms with Gasteiger partial charge < -0.3 is 14.5 Å². The summed E-state index contributed by atoms with van der Waals surface area (Å²) in [5, 5.41) is 0. The average molecular weight is 425 g/mol. The van der Waals surface area contributed by atoms with Crippen molar-refractivity contribution in [3.63, 3.8) is 0 Å². The van der Waals surface area contributed by atoms with E-state index in [4.69, 9.17) is 4.74 Å². The van der Waals surface area contributed by atoms with Crippen LogP contribution in [0.25, 0.3) is 0 Å². The minimum Gasteiger partial charge on any atom is -0.492 e. The molecule has 0 radical (unpaired) electrons. The number of rotatable bonds is 5. The van der Waals surface area contributed by atoms with Crippen molar-refractivity contribution < 1.29 is 14.3 Å². The number of halogens is 1. The fourth-order valence-corrected chi connectivity index (χ4v) is 3.41. The number of benzene rings is 1. The number of amides is 2. The van der Waals surface area contributed by atoms with Gasteiger partial charge in [0, 0.05) is 39.5 Å². The molecule has 1 saturated heterocycles. The molecule has 6 heteroatoms. The van der Waals surface area contributed by atoms with Crippen molar-refractivity contribution >= 4 is 27.7 Å². The zero-order chi connectivity index (χ0) is 19.3. The molecular weight excluding hydrogens is 396 g/mol. The lowest BCUT2D eigenvalue weighted by Crippen LogP contribution is -2.50. The van der Waals surface area contributed by atoms with E-state index in [1.807, 2.05) is 11.0 Å². The maximum Gasteiger partial charge on any atom is 0.222 e. The third-order valence-corrected chi connectivity index (χ3v) is 5.29. The van der Waals surface area contributed by atoms with Crippen molar-refractivity contribution in [2.45, 2.75) is 46.0 Å². The van der Waals surface area contributed by atoms with Crippen LogP contribution in [0.3, 0.4) is 0 Å². The highest BCUT2D eigenvalue weighted by molar-refractivity contribution is 9.10. The van der Waals surface area contributed by atoms with E-state index in [1.165, 1.54) is 5.56 Å². The lowest BCUT2D eigenvalue weighted by Gasteiger charge is -2.34. The summed E-state index contributed by atoms with van der Waals surface area (Å²) < 4.78 is 6.76. The second kappa shape index (κ2) is 8.89. The molecule has 0 unspecified atom stereocenters. The number of hydrogen-bond acceptors (Lipinski definition) is 3. The van der Waals surface area contributed by atoms with E-state index in [0.29, 0.717) is 45.6 Å². The van der Waals surface area contributed by atoms with Crippen molar-refractivity contribution in [1.29, 1.82) is 0 Å². The van der Waals surface area contributed by atoms with E-state index >= 15 is 0 Å². The Labute approximate surface area is 164 Å². The maximum absolute atomic E-state index is 12.3. The normalized spacial score (nSPS) is 15.1. The van der Waals surface area contributed by atoms with Crippen LogP contribution in [0.1, 0.15) is 46.1 Å². The minimum absolute atomic E-state index is 0.0774. The highest BCUT2D eigenvalue weighted by Gasteiger charge is 2.22. The smallest absolute Gasteiger partial charge is 0.222 e. The second-order valence-corrected chi connectivity index (χ2v) is 8.59. The van der Waals surface area contributed by atoms with E-state index in [2.05, 4.69) is 48.8 Å². The molecule has 0 bridgehead atoms. The number of ether oxygens (including phenoxy) is 1. The van der Waals surface area contributed by atoms with Gasteiger partial charge in [0.25, 0.3) is 0 Å². The van der Waals surface area contributed by atoms with E-state index < -0.39 is 0 Å². The van der Waals surface area contributed by atoms with Gasteiger partial charge in [-0.25, -0.2) is 0 Å². The summed E-state index contributed by atoms with van der Waals surface area (Å²) in [5.41, 5.74) is 1.34. The van der Waals surface area contributed by atoms with Crippen molar-refractivity contribution in [3.05, 3.63) is 28.2 Å². The van der Waals surface area contributed by atoms with Gasteiger partial charge >= 0.3 is 0 Å². The van der Waals surface area contributed by atoms with Crippen LogP contribution in [0, 0.1) is 0 Å². The number of nitrogens with zero attached hydrogens (tertiary/aromatic N) is 2. The second-order valence-electron chi connectivity index (χ2n) is 7.73. The van der Waals surface area contributed by atoms with Crippen LogP contribution >= 0.6 is 15.9 Å². The molecule has 0 spiro atoms. The molecule has 1 aliphatic heterocycles. The number of hydrogen-bond donors (Lipinski definition) is 0. The summed E-state index contributed by atoms with van der Waals surface area (Å²) in [7, 11) is 0. The Morgan fingerprint density at radius 1 is 1.12 bits per heavy atom. The first kappa shape index (κ1) is 20.7. The molecule has 1 heterocycles. The highest BCUT2D eigenvalue weighted by atomic mass is 79.9. The Bertz CT molecular complexity index is 647. The van der Waals surface area contributed by atoms with Crippen LogP contribution in [0.4, 0.5) is 0 Å². The Morgan fingerprint density at radius 2 is 1.73 bits per heavy atom. The van der Waals surface area contributed by atoms with Gasteiger partial charge in [-0.15, -0.1) is 0 Å². The van der Waals surface area contributed by atoms with Gasteiger partial charge in [0.2, 0.25) is 11.8 Å². The van der Waals surface area contributed by atoms with E-state index in [9.17, 15) is 9.59 Å². The molecule has 0 atom stereocenters. The summed E-state index contributed by atoms with van der Waals surface area (Å²) in [5.74, 6) is 1.02. The maximum atomic E-state index is 12.3. The Morgan fingerprint density at radius 3 is 2.27 bits per heavy atom. The fraction of sp³-hybridized carbons (Fsp3) is 0.600. The van der Waals surface area contributed by atoms with Crippen LogP contribution in [0.2, 0.25) is 0 Å². The van der Waals surface area contributed by atoms with Crippen LogP contribution in [-0.2, 0) is 15.0 Å². The van der Waals surface area contributed by atoms with Crippen molar-refractivity contribution in [2.75, 3.05) is 32.8 Å². The van der Waals surface area contributed by atoms with Crippen molar-refractivity contribution in [1.82, 2.24) is 9.80 Å². The molecule has 1 aromatic carbocycles. The largest absolute Gasteiger partial charge is 0.492 e. The first-order valence-corrected chi connectivity index (χ1v) is 9.94. The topological polar surface area (TPSA) is 49.9 Å². The first-order chi connectivity index (χ1) is 12.2.